The third kappa shape index (κ3) is 3.37. The van der Waals surface area contributed by atoms with Gasteiger partial charge in [0.05, 0.1) is 0 Å². The van der Waals surface area contributed by atoms with Gasteiger partial charge in [-0.1, -0.05) is 17.7 Å². The lowest BCUT2D eigenvalue weighted by atomic mass is 10.0. The van der Waals surface area contributed by atoms with Crippen molar-refractivity contribution in [2.24, 2.45) is 0 Å². The third-order valence-corrected chi connectivity index (χ3v) is 5.94. The van der Waals surface area contributed by atoms with E-state index in [9.17, 15) is 9.59 Å². The Morgan fingerprint density at radius 1 is 1.00 bits per heavy atom. The molecule has 0 N–H and O–H groups in total. The van der Waals surface area contributed by atoms with Crippen molar-refractivity contribution in [3.8, 4) is 0 Å². The van der Waals surface area contributed by atoms with E-state index < -0.39 is 0 Å². The quantitative estimate of drug-likeness (QED) is 0.826. The van der Waals surface area contributed by atoms with Gasteiger partial charge in [0, 0.05) is 62.5 Å². The molecule has 4 rings (SSSR count). The van der Waals surface area contributed by atoms with Crippen molar-refractivity contribution in [3.63, 3.8) is 0 Å². The molecule has 0 aliphatic carbocycles. The van der Waals surface area contributed by atoms with E-state index in [4.69, 9.17) is 0 Å². The van der Waals surface area contributed by atoms with Crippen LogP contribution in [0.2, 0.25) is 0 Å². The van der Waals surface area contributed by atoms with Crippen molar-refractivity contribution < 1.29 is 9.59 Å². The number of piperazine rings is 1. The standard InChI is InChI=1S/C19H22N4O2S/c1-14-2-4-15(5-3-14)18(24)23-12-16(13-23)21-7-9-22(10-8-21)19(25)17-20-6-11-26-17/h2-6,11,16H,7-10,12-13H2,1H3. The predicted octanol–water partition coefficient (Wildman–Crippen LogP) is 1.73. The van der Waals surface area contributed by atoms with Crippen LogP contribution in [0.5, 0.6) is 0 Å². The van der Waals surface area contributed by atoms with Crippen LogP contribution in [-0.4, -0.2) is 76.8 Å². The summed E-state index contributed by atoms with van der Waals surface area (Å²) < 4.78 is 0. The molecule has 26 heavy (non-hydrogen) atoms. The molecule has 0 unspecified atom stereocenters. The van der Waals surface area contributed by atoms with Gasteiger partial charge in [-0.15, -0.1) is 11.3 Å². The van der Waals surface area contributed by atoms with Gasteiger partial charge in [-0.05, 0) is 19.1 Å². The van der Waals surface area contributed by atoms with Crippen molar-refractivity contribution in [1.29, 1.82) is 0 Å². The first-order chi connectivity index (χ1) is 12.6. The molecule has 0 radical (unpaired) electrons. The van der Waals surface area contributed by atoms with Crippen LogP contribution in [0.25, 0.3) is 0 Å². The monoisotopic (exact) mass is 370 g/mol. The number of carbonyl (C=O) groups is 2. The minimum atomic E-state index is 0.0319. The number of hydrogen-bond donors (Lipinski definition) is 0. The van der Waals surface area contributed by atoms with Crippen LogP contribution >= 0.6 is 11.3 Å². The van der Waals surface area contributed by atoms with E-state index in [2.05, 4.69) is 9.88 Å². The van der Waals surface area contributed by atoms with Crippen LogP contribution in [0.3, 0.4) is 0 Å². The summed E-state index contributed by atoms with van der Waals surface area (Å²) in [6.45, 7) is 6.72. The molecule has 2 aliphatic heterocycles. The van der Waals surface area contributed by atoms with Crippen LogP contribution in [0.1, 0.15) is 25.7 Å². The van der Waals surface area contributed by atoms with Gasteiger partial charge in [-0.2, -0.15) is 0 Å². The number of likely N-dealkylation sites (tertiary alicyclic amines) is 1. The number of aryl methyl sites for hydroxylation is 1. The molecular formula is C19H22N4O2S. The second kappa shape index (κ2) is 7.17. The highest BCUT2D eigenvalue weighted by molar-refractivity contribution is 7.11. The van der Waals surface area contributed by atoms with Crippen LogP contribution in [-0.2, 0) is 0 Å². The van der Waals surface area contributed by atoms with Gasteiger partial charge < -0.3 is 9.80 Å². The molecule has 7 heteroatoms. The fourth-order valence-corrected chi connectivity index (χ4v) is 4.09. The van der Waals surface area contributed by atoms with Gasteiger partial charge in [0.1, 0.15) is 0 Å². The maximum Gasteiger partial charge on any atom is 0.282 e. The lowest BCUT2D eigenvalue weighted by Crippen LogP contribution is -2.64. The SMILES string of the molecule is Cc1ccc(C(=O)N2CC(N3CCN(C(=O)c4nccs4)CC3)C2)cc1. The maximum atomic E-state index is 12.5. The number of hydrogen-bond acceptors (Lipinski definition) is 5. The Morgan fingerprint density at radius 2 is 1.69 bits per heavy atom. The second-order valence-corrected chi connectivity index (χ2v) is 7.79. The van der Waals surface area contributed by atoms with Crippen molar-refractivity contribution in [1.82, 2.24) is 19.7 Å². The minimum Gasteiger partial charge on any atom is -0.335 e. The fraction of sp³-hybridized carbons (Fsp3) is 0.421. The summed E-state index contributed by atoms with van der Waals surface area (Å²) in [4.78, 5) is 35.1. The van der Waals surface area contributed by atoms with Gasteiger partial charge in [-0.25, -0.2) is 4.98 Å². The van der Waals surface area contributed by atoms with Crippen LogP contribution in [0.4, 0.5) is 0 Å². The summed E-state index contributed by atoms with van der Waals surface area (Å²) in [5.74, 6) is 0.142. The number of rotatable bonds is 3. The van der Waals surface area contributed by atoms with Crippen molar-refractivity contribution in [2.75, 3.05) is 39.3 Å². The van der Waals surface area contributed by atoms with E-state index in [0.29, 0.717) is 11.0 Å². The second-order valence-electron chi connectivity index (χ2n) is 6.90. The minimum absolute atomic E-state index is 0.0319. The number of amides is 2. The summed E-state index contributed by atoms with van der Waals surface area (Å²) in [5.41, 5.74) is 1.92. The van der Waals surface area contributed by atoms with Crippen molar-refractivity contribution >= 4 is 23.2 Å². The zero-order chi connectivity index (χ0) is 18.1. The molecule has 3 heterocycles. The summed E-state index contributed by atoms with van der Waals surface area (Å²) in [7, 11) is 0. The van der Waals surface area contributed by atoms with E-state index in [1.54, 1.807) is 6.20 Å². The van der Waals surface area contributed by atoms with Gasteiger partial charge in [-0.3, -0.25) is 14.5 Å². The Morgan fingerprint density at radius 3 is 2.31 bits per heavy atom. The first-order valence-electron chi connectivity index (χ1n) is 8.90. The molecule has 0 saturated carbocycles. The van der Waals surface area contributed by atoms with Crippen molar-refractivity contribution in [2.45, 2.75) is 13.0 Å². The van der Waals surface area contributed by atoms with Gasteiger partial charge in [0.2, 0.25) is 0 Å². The third-order valence-electron chi connectivity index (χ3n) is 5.18. The van der Waals surface area contributed by atoms with E-state index in [-0.39, 0.29) is 11.8 Å². The number of benzene rings is 1. The number of aromatic nitrogens is 1. The average molecular weight is 370 g/mol. The van der Waals surface area contributed by atoms with Crippen LogP contribution < -0.4 is 0 Å². The molecule has 136 valence electrons. The Balaban J connectivity index is 1.26. The number of thiazole rings is 1. The Bertz CT molecular complexity index is 776. The Kier molecular flexibility index (Phi) is 4.74. The molecule has 0 spiro atoms. The molecule has 1 aromatic heterocycles. The normalized spacial score (nSPS) is 18.7. The Labute approximate surface area is 157 Å². The van der Waals surface area contributed by atoms with Gasteiger partial charge in [0.15, 0.2) is 5.01 Å². The average Bonchev–Trinajstić information content (AvgIpc) is 3.15. The number of nitrogens with zero attached hydrogens (tertiary/aromatic N) is 4. The summed E-state index contributed by atoms with van der Waals surface area (Å²) in [6, 6.07) is 8.15. The van der Waals surface area contributed by atoms with Gasteiger partial charge in [0.25, 0.3) is 11.8 Å². The van der Waals surface area contributed by atoms with E-state index in [0.717, 1.165) is 50.4 Å². The lowest BCUT2D eigenvalue weighted by molar-refractivity contribution is 0.00853. The molecule has 2 amide bonds. The molecule has 0 atom stereocenters. The zero-order valence-corrected chi connectivity index (χ0v) is 15.6. The van der Waals surface area contributed by atoms with Crippen molar-refractivity contribution in [3.05, 3.63) is 52.0 Å². The smallest absolute Gasteiger partial charge is 0.282 e. The molecule has 2 fully saturated rings. The molecule has 2 aliphatic rings. The maximum absolute atomic E-state index is 12.5. The van der Waals surface area contributed by atoms with E-state index in [1.165, 1.54) is 11.3 Å². The van der Waals surface area contributed by atoms with Crippen LogP contribution in [0.15, 0.2) is 35.8 Å². The van der Waals surface area contributed by atoms with E-state index in [1.807, 2.05) is 46.4 Å². The summed E-state index contributed by atoms with van der Waals surface area (Å²) in [5, 5.41) is 2.40. The summed E-state index contributed by atoms with van der Waals surface area (Å²) in [6.07, 6.45) is 1.67. The highest BCUT2D eigenvalue weighted by atomic mass is 32.1. The predicted molar refractivity (Wildman–Crippen MR) is 100 cm³/mol. The number of carbonyl (C=O) groups excluding carboxylic acids is 2. The lowest BCUT2D eigenvalue weighted by Gasteiger charge is -2.48. The molecule has 2 aromatic rings. The molecule has 0 bridgehead atoms. The summed E-state index contributed by atoms with van der Waals surface area (Å²) >= 11 is 1.39. The topological polar surface area (TPSA) is 56.8 Å². The highest BCUT2D eigenvalue weighted by Crippen LogP contribution is 2.20. The Hall–Kier alpha value is -2.25. The highest BCUT2D eigenvalue weighted by Gasteiger charge is 2.37. The largest absolute Gasteiger partial charge is 0.335 e. The van der Waals surface area contributed by atoms with E-state index >= 15 is 0 Å². The van der Waals surface area contributed by atoms with Crippen LogP contribution in [0, 0.1) is 6.92 Å². The molecule has 1 aromatic carbocycles. The van der Waals surface area contributed by atoms with Gasteiger partial charge >= 0.3 is 0 Å². The zero-order valence-electron chi connectivity index (χ0n) is 14.8. The first kappa shape index (κ1) is 17.2. The molecule has 6 nitrogen and oxygen atoms in total. The molecule has 2 saturated heterocycles. The molecular weight excluding hydrogens is 348 g/mol. The first-order valence-corrected chi connectivity index (χ1v) is 9.78. The fourth-order valence-electron chi connectivity index (χ4n) is 3.49.